The lowest BCUT2D eigenvalue weighted by molar-refractivity contribution is -0.191. The van der Waals surface area contributed by atoms with Crippen molar-refractivity contribution in [2.45, 2.75) is 31.3 Å². The third-order valence-electron chi connectivity index (χ3n) is 6.26. The summed E-state index contributed by atoms with van der Waals surface area (Å²) in [6, 6.07) is 13.3. The predicted octanol–water partition coefficient (Wildman–Crippen LogP) is 3.06. The average molecular weight is 408 g/mol. The van der Waals surface area contributed by atoms with E-state index in [1.54, 1.807) is 9.80 Å². The Morgan fingerprint density at radius 3 is 2.30 bits per heavy atom. The van der Waals surface area contributed by atoms with Gasteiger partial charge in [-0.1, -0.05) is 36.4 Å². The molecule has 1 N–H and O–H groups in total. The highest BCUT2D eigenvalue weighted by molar-refractivity contribution is 5.95. The summed E-state index contributed by atoms with van der Waals surface area (Å²) in [6.07, 6.45) is 3.98. The van der Waals surface area contributed by atoms with E-state index in [0.29, 0.717) is 18.7 Å². The SMILES string of the molecule is C/C=C/c1ccc([C@H]2[C@@H](CO)N(C(C)=O)C23CN(C(=O)c2ccc(F)cc2)C3)cc1. The van der Waals surface area contributed by atoms with E-state index in [-0.39, 0.29) is 36.2 Å². The minimum Gasteiger partial charge on any atom is -0.394 e. The van der Waals surface area contributed by atoms with Crippen LogP contribution in [-0.2, 0) is 4.79 Å². The Morgan fingerprint density at radius 1 is 1.13 bits per heavy atom. The molecule has 0 unspecified atom stereocenters. The lowest BCUT2D eigenvalue weighted by Crippen LogP contribution is -2.85. The van der Waals surface area contributed by atoms with E-state index in [4.69, 9.17) is 0 Å². The van der Waals surface area contributed by atoms with Crippen molar-refractivity contribution in [3.63, 3.8) is 0 Å². The standard InChI is InChI=1S/C24H25FN2O3/c1-3-4-17-5-7-18(8-6-17)22-21(13-28)27(16(2)29)24(22)14-26(15-24)23(30)19-9-11-20(25)12-10-19/h3-12,21-22,28H,13-15H2,1-2H3/b4-3+/t21-,22+/m1/s1. The highest BCUT2D eigenvalue weighted by Crippen LogP contribution is 2.54. The quantitative estimate of drug-likeness (QED) is 0.846. The van der Waals surface area contributed by atoms with E-state index < -0.39 is 5.54 Å². The minimum atomic E-state index is -0.517. The molecule has 2 amide bonds. The van der Waals surface area contributed by atoms with E-state index >= 15 is 0 Å². The Morgan fingerprint density at radius 2 is 1.77 bits per heavy atom. The van der Waals surface area contributed by atoms with Crippen LogP contribution in [0.25, 0.3) is 6.08 Å². The summed E-state index contributed by atoms with van der Waals surface area (Å²) in [5.74, 6) is -0.729. The van der Waals surface area contributed by atoms with Gasteiger partial charge in [-0.25, -0.2) is 4.39 Å². The smallest absolute Gasteiger partial charge is 0.254 e. The minimum absolute atomic E-state index is 0.0525. The molecule has 6 heteroatoms. The molecule has 0 saturated carbocycles. The van der Waals surface area contributed by atoms with Crippen LogP contribution in [0, 0.1) is 5.82 Å². The van der Waals surface area contributed by atoms with Gasteiger partial charge in [0.25, 0.3) is 5.91 Å². The first-order chi connectivity index (χ1) is 14.4. The maximum atomic E-state index is 13.2. The van der Waals surface area contributed by atoms with Gasteiger partial charge in [0.15, 0.2) is 0 Å². The monoisotopic (exact) mass is 408 g/mol. The molecule has 2 aromatic carbocycles. The normalized spacial score (nSPS) is 22.1. The van der Waals surface area contributed by atoms with Gasteiger partial charge >= 0.3 is 0 Å². The van der Waals surface area contributed by atoms with Gasteiger partial charge in [0.2, 0.25) is 5.91 Å². The van der Waals surface area contributed by atoms with E-state index in [1.807, 2.05) is 43.3 Å². The van der Waals surface area contributed by atoms with Gasteiger partial charge in [-0.05, 0) is 42.3 Å². The topological polar surface area (TPSA) is 60.9 Å². The predicted molar refractivity (Wildman–Crippen MR) is 112 cm³/mol. The Bertz CT molecular complexity index is 979. The fraction of sp³-hybridized carbons (Fsp3) is 0.333. The summed E-state index contributed by atoms with van der Waals surface area (Å²) in [7, 11) is 0. The summed E-state index contributed by atoms with van der Waals surface area (Å²) in [4.78, 5) is 28.6. The molecule has 0 radical (unpaired) electrons. The van der Waals surface area contributed by atoms with Crippen molar-refractivity contribution in [3.8, 4) is 0 Å². The van der Waals surface area contributed by atoms with Crippen LogP contribution in [0.3, 0.4) is 0 Å². The number of hydrogen-bond acceptors (Lipinski definition) is 3. The molecule has 156 valence electrons. The zero-order chi connectivity index (χ0) is 21.5. The molecule has 0 aliphatic carbocycles. The van der Waals surface area contributed by atoms with Gasteiger partial charge in [-0.3, -0.25) is 9.59 Å². The molecule has 2 atom stereocenters. The molecule has 2 heterocycles. The van der Waals surface area contributed by atoms with Crippen LogP contribution in [0.4, 0.5) is 4.39 Å². The molecular weight excluding hydrogens is 383 g/mol. The summed E-state index contributed by atoms with van der Waals surface area (Å²) in [5, 5.41) is 9.99. The first-order valence-corrected chi connectivity index (χ1v) is 10.1. The average Bonchev–Trinajstić information content (AvgIpc) is 2.68. The number of carbonyl (C=O) groups excluding carboxylic acids is 2. The molecule has 2 aromatic rings. The fourth-order valence-corrected chi connectivity index (χ4v) is 5.06. The molecule has 0 bridgehead atoms. The fourth-order valence-electron chi connectivity index (χ4n) is 5.06. The Labute approximate surface area is 175 Å². The lowest BCUT2D eigenvalue weighted by Gasteiger charge is -2.70. The van der Waals surface area contributed by atoms with E-state index in [9.17, 15) is 19.1 Å². The van der Waals surface area contributed by atoms with Gasteiger partial charge in [0.1, 0.15) is 5.82 Å². The van der Waals surface area contributed by atoms with Crippen LogP contribution in [0.15, 0.2) is 54.6 Å². The van der Waals surface area contributed by atoms with Crippen molar-refractivity contribution in [2.24, 2.45) is 0 Å². The van der Waals surface area contributed by atoms with Gasteiger partial charge < -0.3 is 14.9 Å². The first kappa shape index (κ1) is 20.3. The molecule has 2 aliphatic rings. The summed E-state index contributed by atoms with van der Waals surface area (Å²) >= 11 is 0. The van der Waals surface area contributed by atoms with Crippen molar-refractivity contribution in [2.75, 3.05) is 19.7 Å². The highest BCUT2D eigenvalue weighted by Gasteiger charge is 2.67. The van der Waals surface area contributed by atoms with Crippen LogP contribution in [0.5, 0.6) is 0 Å². The van der Waals surface area contributed by atoms with Crippen LogP contribution < -0.4 is 0 Å². The molecule has 5 nitrogen and oxygen atoms in total. The number of carbonyl (C=O) groups is 2. The summed E-state index contributed by atoms with van der Waals surface area (Å²) in [6.45, 7) is 4.11. The zero-order valence-electron chi connectivity index (χ0n) is 17.1. The number of aliphatic hydroxyl groups is 1. The van der Waals surface area contributed by atoms with Crippen molar-refractivity contribution >= 4 is 17.9 Å². The second-order valence-corrected chi connectivity index (χ2v) is 8.05. The Hall–Kier alpha value is -2.99. The van der Waals surface area contributed by atoms with Gasteiger partial charge in [-0.15, -0.1) is 0 Å². The van der Waals surface area contributed by atoms with Crippen LogP contribution in [0.2, 0.25) is 0 Å². The van der Waals surface area contributed by atoms with Crippen molar-refractivity contribution in [1.29, 1.82) is 0 Å². The van der Waals surface area contributed by atoms with Crippen molar-refractivity contribution < 1.29 is 19.1 Å². The van der Waals surface area contributed by atoms with Gasteiger partial charge in [-0.2, -0.15) is 0 Å². The number of allylic oxidation sites excluding steroid dienone is 1. The maximum Gasteiger partial charge on any atom is 0.254 e. The lowest BCUT2D eigenvalue weighted by atomic mass is 9.60. The third-order valence-corrected chi connectivity index (χ3v) is 6.26. The number of benzene rings is 2. The summed E-state index contributed by atoms with van der Waals surface area (Å²) in [5.41, 5.74) is 2.04. The molecule has 2 aliphatic heterocycles. The zero-order valence-corrected chi connectivity index (χ0v) is 17.1. The molecular formula is C24H25FN2O3. The molecule has 2 fully saturated rings. The van der Waals surface area contributed by atoms with Gasteiger partial charge in [0, 0.05) is 31.5 Å². The number of likely N-dealkylation sites (tertiary alicyclic amines) is 2. The third kappa shape index (κ3) is 3.12. The molecule has 1 spiro atoms. The Kier molecular flexibility index (Phi) is 5.20. The molecule has 4 rings (SSSR count). The van der Waals surface area contributed by atoms with E-state index in [1.165, 1.54) is 31.2 Å². The van der Waals surface area contributed by atoms with Crippen LogP contribution in [-0.4, -0.2) is 58.0 Å². The Balaban J connectivity index is 1.60. The number of amides is 2. The first-order valence-electron chi connectivity index (χ1n) is 10.1. The second kappa shape index (κ2) is 7.69. The van der Waals surface area contributed by atoms with Crippen molar-refractivity contribution in [1.82, 2.24) is 9.80 Å². The number of hydrogen-bond donors (Lipinski definition) is 1. The highest BCUT2D eigenvalue weighted by atomic mass is 19.1. The van der Waals surface area contributed by atoms with E-state index in [2.05, 4.69) is 0 Å². The molecule has 0 aromatic heterocycles. The number of aliphatic hydroxyl groups excluding tert-OH is 1. The largest absolute Gasteiger partial charge is 0.394 e. The van der Waals surface area contributed by atoms with Gasteiger partial charge in [0.05, 0.1) is 18.2 Å². The van der Waals surface area contributed by atoms with Crippen molar-refractivity contribution in [3.05, 3.63) is 77.1 Å². The second-order valence-electron chi connectivity index (χ2n) is 8.05. The van der Waals surface area contributed by atoms with Crippen LogP contribution in [0.1, 0.15) is 41.3 Å². The van der Waals surface area contributed by atoms with Crippen LogP contribution >= 0.6 is 0 Å². The number of rotatable bonds is 4. The molecule has 2 saturated heterocycles. The maximum absolute atomic E-state index is 13.2. The molecule has 30 heavy (non-hydrogen) atoms. The number of halogens is 1. The van der Waals surface area contributed by atoms with E-state index in [0.717, 1.165) is 11.1 Å². The number of nitrogens with zero attached hydrogens (tertiary/aromatic N) is 2. The summed E-state index contributed by atoms with van der Waals surface area (Å²) < 4.78 is 13.2.